The molecule has 0 fully saturated rings. The Hall–Kier alpha value is -4.10. The lowest BCUT2D eigenvalue weighted by molar-refractivity contribution is 1.22. The number of nitrogens with zero attached hydrogens (tertiary/aromatic N) is 1. The van der Waals surface area contributed by atoms with Crippen LogP contribution in [0.15, 0.2) is 110 Å². The van der Waals surface area contributed by atoms with Crippen molar-refractivity contribution in [3.05, 3.63) is 121 Å². The van der Waals surface area contributed by atoms with Crippen LogP contribution in [0.2, 0.25) is 0 Å². The normalized spacial score (nSPS) is 11.3. The van der Waals surface area contributed by atoms with E-state index in [0.717, 1.165) is 11.3 Å². The summed E-state index contributed by atoms with van der Waals surface area (Å²) in [4.78, 5) is 2.26. The third-order valence-electron chi connectivity index (χ3n) is 6.35. The molecule has 0 aliphatic carbocycles. The smallest absolute Gasteiger partial charge is 0.0494 e. The van der Waals surface area contributed by atoms with Crippen molar-refractivity contribution in [1.82, 2.24) is 0 Å². The third-order valence-corrected chi connectivity index (χ3v) is 6.35. The van der Waals surface area contributed by atoms with Crippen LogP contribution in [0.5, 0.6) is 0 Å². The molecule has 0 bridgehead atoms. The second-order valence-corrected chi connectivity index (χ2v) is 8.32. The molecule has 5 rings (SSSR count). The molecule has 0 amide bonds. The maximum atomic E-state index is 4.07. The highest BCUT2D eigenvalue weighted by atomic mass is 15.1. The van der Waals surface area contributed by atoms with Gasteiger partial charge < -0.3 is 4.90 Å². The van der Waals surface area contributed by atoms with Gasteiger partial charge in [0, 0.05) is 23.8 Å². The van der Waals surface area contributed by atoms with E-state index in [1.54, 1.807) is 0 Å². The van der Waals surface area contributed by atoms with Crippen LogP contribution in [-0.2, 0) is 0 Å². The summed E-state index contributed by atoms with van der Waals surface area (Å²) >= 11 is 0. The summed E-state index contributed by atoms with van der Waals surface area (Å²) < 4.78 is 0. The summed E-state index contributed by atoms with van der Waals surface area (Å²) in [6, 6.07) is 34.8. The van der Waals surface area contributed by atoms with Gasteiger partial charge in [0.05, 0.1) is 0 Å². The number of benzene rings is 5. The number of allylic oxidation sites excluding steroid dienone is 1. The van der Waals surface area contributed by atoms with Crippen molar-refractivity contribution in [3.63, 3.8) is 0 Å². The molecule has 0 aromatic heterocycles. The van der Waals surface area contributed by atoms with Crippen LogP contribution in [-0.4, -0.2) is 7.05 Å². The van der Waals surface area contributed by atoms with Crippen molar-refractivity contribution in [2.75, 3.05) is 11.9 Å². The minimum absolute atomic E-state index is 1.14. The van der Waals surface area contributed by atoms with Gasteiger partial charge in [-0.05, 0) is 69.6 Å². The van der Waals surface area contributed by atoms with E-state index >= 15 is 0 Å². The van der Waals surface area contributed by atoms with Crippen molar-refractivity contribution in [1.29, 1.82) is 0 Å². The number of anilines is 2. The Bertz CT molecular complexity index is 1490. The highest BCUT2D eigenvalue weighted by molar-refractivity contribution is 6.03. The molecule has 160 valence electrons. The van der Waals surface area contributed by atoms with Gasteiger partial charge in [0.2, 0.25) is 0 Å². The van der Waals surface area contributed by atoms with Crippen LogP contribution < -0.4 is 4.90 Å². The lowest BCUT2D eigenvalue weighted by Crippen LogP contribution is -2.10. The average molecular weight is 426 g/mol. The Kier molecular flexibility index (Phi) is 5.54. The molecule has 0 heterocycles. The molecule has 1 nitrogen and oxygen atoms in total. The van der Waals surface area contributed by atoms with Gasteiger partial charge in [-0.3, -0.25) is 0 Å². The van der Waals surface area contributed by atoms with E-state index < -0.39 is 0 Å². The molecular weight excluding hydrogens is 398 g/mol. The summed E-state index contributed by atoms with van der Waals surface area (Å²) in [7, 11) is 2.13. The summed E-state index contributed by atoms with van der Waals surface area (Å²) in [5.74, 6) is 0. The fraction of sp³-hybridized carbons (Fsp3) is 0.0625. The molecule has 0 spiro atoms. The van der Waals surface area contributed by atoms with Gasteiger partial charge >= 0.3 is 0 Å². The predicted octanol–water partition coefficient (Wildman–Crippen LogP) is 9.10. The number of hydrogen-bond acceptors (Lipinski definition) is 1. The van der Waals surface area contributed by atoms with Crippen LogP contribution in [0.25, 0.3) is 44.8 Å². The zero-order valence-electron chi connectivity index (χ0n) is 19.1. The fourth-order valence-corrected chi connectivity index (χ4v) is 4.58. The number of rotatable bonds is 5. The Morgan fingerprint density at radius 2 is 1.36 bits per heavy atom. The topological polar surface area (TPSA) is 3.24 Å². The zero-order valence-corrected chi connectivity index (χ0v) is 19.1. The molecule has 0 N–H and O–H groups in total. The molecule has 5 aromatic carbocycles. The molecule has 0 atom stereocenters. The fourth-order valence-electron chi connectivity index (χ4n) is 4.58. The monoisotopic (exact) mass is 425 g/mol. The van der Waals surface area contributed by atoms with Gasteiger partial charge in [-0.25, -0.2) is 0 Å². The molecule has 0 saturated carbocycles. The minimum atomic E-state index is 1.14. The molecule has 0 unspecified atom stereocenters. The van der Waals surface area contributed by atoms with E-state index in [1.165, 1.54) is 43.9 Å². The minimum Gasteiger partial charge on any atom is -0.344 e. The third kappa shape index (κ3) is 3.83. The van der Waals surface area contributed by atoms with E-state index in [2.05, 4.69) is 135 Å². The van der Waals surface area contributed by atoms with Gasteiger partial charge in [-0.2, -0.15) is 0 Å². The highest BCUT2D eigenvalue weighted by Crippen LogP contribution is 2.37. The number of hydrogen-bond donors (Lipinski definition) is 0. The SMILES string of the molecule is C=Cc1cc(N(C)c2ccc(-c3ccc4ccccc4c3)cc2)c2ccccc2c1/C=C\C. The summed E-state index contributed by atoms with van der Waals surface area (Å²) in [5, 5.41) is 5.00. The average Bonchev–Trinajstić information content (AvgIpc) is 2.88. The van der Waals surface area contributed by atoms with E-state index in [9.17, 15) is 0 Å². The Morgan fingerprint density at radius 1 is 0.697 bits per heavy atom. The van der Waals surface area contributed by atoms with E-state index in [1.807, 2.05) is 6.08 Å². The first kappa shape index (κ1) is 20.8. The van der Waals surface area contributed by atoms with E-state index in [4.69, 9.17) is 0 Å². The highest BCUT2D eigenvalue weighted by Gasteiger charge is 2.13. The zero-order chi connectivity index (χ0) is 22.8. The van der Waals surface area contributed by atoms with E-state index in [0.29, 0.717) is 0 Å². The second kappa shape index (κ2) is 8.80. The lowest BCUT2D eigenvalue weighted by Gasteiger charge is -2.24. The first-order valence-electron chi connectivity index (χ1n) is 11.3. The first-order chi connectivity index (χ1) is 16.2. The van der Waals surface area contributed by atoms with Gasteiger partial charge in [0.1, 0.15) is 0 Å². The Balaban J connectivity index is 1.55. The Labute approximate surface area is 195 Å². The first-order valence-corrected chi connectivity index (χ1v) is 11.3. The predicted molar refractivity (Wildman–Crippen MR) is 146 cm³/mol. The molecule has 0 aliphatic heterocycles. The molecule has 0 radical (unpaired) electrons. The van der Waals surface area contributed by atoms with Crippen LogP contribution in [0.3, 0.4) is 0 Å². The van der Waals surface area contributed by atoms with Gasteiger partial charge in [-0.15, -0.1) is 0 Å². The van der Waals surface area contributed by atoms with Gasteiger partial charge in [0.25, 0.3) is 0 Å². The second-order valence-electron chi connectivity index (χ2n) is 8.32. The lowest BCUT2D eigenvalue weighted by atomic mass is 9.96. The van der Waals surface area contributed by atoms with Crippen molar-refractivity contribution < 1.29 is 0 Å². The number of fused-ring (bicyclic) bond motifs is 2. The maximum absolute atomic E-state index is 4.07. The largest absolute Gasteiger partial charge is 0.344 e. The maximum Gasteiger partial charge on any atom is 0.0494 e. The van der Waals surface area contributed by atoms with Crippen molar-refractivity contribution in [2.45, 2.75) is 6.92 Å². The molecule has 5 aromatic rings. The van der Waals surface area contributed by atoms with Gasteiger partial charge in [0.15, 0.2) is 0 Å². The van der Waals surface area contributed by atoms with E-state index in [-0.39, 0.29) is 0 Å². The van der Waals surface area contributed by atoms with Crippen molar-refractivity contribution in [2.24, 2.45) is 0 Å². The van der Waals surface area contributed by atoms with Gasteiger partial charge in [-0.1, -0.05) is 97.6 Å². The Morgan fingerprint density at radius 3 is 2.09 bits per heavy atom. The molecule has 33 heavy (non-hydrogen) atoms. The molecular formula is C32H27N. The van der Waals surface area contributed by atoms with Crippen molar-refractivity contribution >= 4 is 45.1 Å². The van der Waals surface area contributed by atoms with Crippen LogP contribution >= 0.6 is 0 Å². The summed E-state index contributed by atoms with van der Waals surface area (Å²) in [5.41, 5.74) is 7.13. The van der Waals surface area contributed by atoms with Crippen LogP contribution in [0.4, 0.5) is 11.4 Å². The molecule has 0 saturated heterocycles. The molecule has 1 heteroatoms. The quantitative estimate of drug-likeness (QED) is 0.271. The van der Waals surface area contributed by atoms with Crippen LogP contribution in [0.1, 0.15) is 18.1 Å². The standard InChI is InChI=1S/C32H27N/c1-4-10-29-23(5-2)22-32(31-14-9-8-13-30(29)31)33(3)28-19-17-25(18-20-28)27-16-15-24-11-6-7-12-26(24)21-27/h4-22H,2H2,1,3H3/b10-4-. The molecule has 0 aliphatic rings. The summed E-state index contributed by atoms with van der Waals surface area (Å²) in [6.45, 7) is 6.12. The summed E-state index contributed by atoms with van der Waals surface area (Å²) in [6.07, 6.45) is 6.20. The van der Waals surface area contributed by atoms with Crippen molar-refractivity contribution in [3.8, 4) is 11.1 Å². The van der Waals surface area contributed by atoms with Crippen LogP contribution in [0, 0.1) is 0 Å².